The number of hydrogen-bond donors (Lipinski definition) is 4. The Balaban J connectivity index is 1.57. The van der Waals surface area contributed by atoms with E-state index in [0.717, 1.165) is 13.1 Å². The Kier molecular flexibility index (Phi) is 7.41. The van der Waals surface area contributed by atoms with Crippen LogP contribution in [0.4, 0.5) is 22.7 Å². The summed E-state index contributed by atoms with van der Waals surface area (Å²) in [7, 11) is -4.18. The first kappa shape index (κ1) is 25.8. The molecule has 3 aromatic rings. The van der Waals surface area contributed by atoms with E-state index in [1.165, 1.54) is 12.1 Å². The fourth-order valence-corrected chi connectivity index (χ4v) is 5.39. The molecule has 0 atom stereocenters. The number of hydrogen-bond acceptors (Lipinski definition) is 10. The Morgan fingerprint density at radius 2 is 1.67 bits per heavy atom. The maximum Gasteiger partial charge on any atom is 0.253 e. The van der Waals surface area contributed by atoms with E-state index in [1.54, 1.807) is 18.2 Å². The van der Waals surface area contributed by atoms with E-state index < -0.39 is 31.5 Å². The highest BCUT2D eigenvalue weighted by atomic mass is 35.5. The minimum atomic E-state index is -4.18. The molecule has 0 aliphatic carbocycles. The van der Waals surface area contributed by atoms with Crippen LogP contribution in [0.5, 0.6) is 17.2 Å². The van der Waals surface area contributed by atoms with Gasteiger partial charge in [-0.2, -0.15) is 0 Å². The topological polar surface area (TPSA) is 146 Å². The summed E-state index contributed by atoms with van der Waals surface area (Å²) in [6.45, 7) is 6.11. The molecule has 36 heavy (non-hydrogen) atoms. The molecule has 192 valence electrons. The number of nitrogens with one attached hydrogen (secondary N) is 3. The van der Waals surface area contributed by atoms with Crippen LogP contribution in [-0.2, 0) is 10.0 Å². The molecule has 0 aromatic heterocycles. The number of nitrogens with zero attached hydrogens (tertiary/aromatic N) is 1. The van der Waals surface area contributed by atoms with Crippen LogP contribution < -0.4 is 35.7 Å². The van der Waals surface area contributed by atoms with Crippen molar-refractivity contribution >= 4 is 44.4 Å². The van der Waals surface area contributed by atoms with Crippen molar-refractivity contribution in [3.05, 3.63) is 55.8 Å². The maximum atomic E-state index is 12.9. The van der Waals surface area contributed by atoms with Gasteiger partial charge < -0.3 is 30.1 Å². The summed E-state index contributed by atoms with van der Waals surface area (Å²) in [6.07, 6.45) is 0. The summed E-state index contributed by atoms with van der Waals surface area (Å²) >= 11 is 6.12. The number of phenols is 1. The van der Waals surface area contributed by atoms with Crippen molar-refractivity contribution in [2.45, 2.75) is 18.7 Å². The number of rotatable bonds is 11. The number of ether oxygens (including phenoxy) is 2. The van der Waals surface area contributed by atoms with Gasteiger partial charge in [-0.3, -0.25) is 9.59 Å². The van der Waals surface area contributed by atoms with Gasteiger partial charge in [-0.1, -0.05) is 25.4 Å². The number of sulfonamides is 1. The van der Waals surface area contributed by atoms with E-state index in [-0.39, 0.29) is 35.4 Å². The molecule has 0 fully saturated rings. The Labute approximate surface area is 212 Å². The smallest absolute Gasteiger partial charge is 0.253 e. The van der Waals surface area contributed by atoms with Gasteiger partial charge >= 0.3 is 0 Å². The Hall–Kier alpha value is -3.32. The van der Waals surface area contributed by atoms with E-state index in [9.17, 15) is 23.1 Å². The van der Waals surface area contributed by atoms with Gasteiger partial charge in [0.1, 0.15) is 16.3 Å². The molecule has 1 aliphatic heterocycles. The fraction of sp³-hybridized carbons (Fsp3) is 0.304. The fourth-order valence-electron chi connectivity index (χ4n) is 3.74. The molecule has 11 nitrogen and oxygen atoms in total. The molecule has 0 amide bonds. The number of fused-ring (bicyclic) bond motifs is 1. The van der Waals surface area contributed by atoms with Crippen LogP contribution in [0.15, 0.2) is 44.8 Å². The van der Waals surface area contributed by atoms with E-state index in [0.29, 0.717) is 23.7 Å². The molecular formula is C23H25ClN4O7S. The number of phenolic OH excluding ortho intramolecular Hbond substituents is 1. The quantitative estimate of drug-likeness (QED) is 0.213. The molecule has 4 rings (SSSR count). The van der Waals surface area contributed by atoms with Gasteiger partial charge in [-0.15, -0.1) is 0 Å². The number of anilines is 4. The zero-order valence-electron chi connectivity index (χ0n) is 19.6. The number of aromatic hydroxyl groups is 1. The lowest BCUT2D eigenvalue weighted by Crippen LogP contribution is -2.36. The Morgan fingerprint density at radius 1 is 1.00 bits per heavy atom. The molecule has 1 aliphatic rings. The van der Waals surface area contributed by atoms with Crippen molar-refractivity contribution < 1.29 is 23.0 Å². The Morgan fingerprint density at radius 3 is 2.36 bits per heavy atom. The summed E-state index contributed by atoms with van der Waals surface area (Å²) in [5.74, 6) is 0.348. The van der Waals surface area contributed by atoms with Gasteiger partial charge in [0.15, 0.2) is 17.2 Å². The zero-order valence-corrected chi connectivity index (χ0v) is 21.1. The van der Waals surface area contributed by atoms with Crippen molar-refractivity contribution in [3.63, 3.8) is 0 Å². The minimum Gasteiger partial charge on any atom is -0.504 e. The van der Waals surface area contributed by atoms with Crippen LogP contribution in [0.3, 0.4) is 0 Å². The first-order valence-electron chi connectivity index (χ1n) is 11.2. The Bertz CT molecular complexity index is 1460. The lowest BCUT2D eigenvalue weighted by molar-refractivity contribution is 0.174. The van der Waals surface area contributed by atoms with Crippen molar-refractivity contribution in [1.82, 2.24) is 9.62 Å². The second-order valence-electron chi connectivity index (χ2n) is 7.92. The van der Waals surface area contributed by atoms with Crippen LogP contribution in [0.2, 0.25) is 5.02 Å². The second-order valence-corrected chi connectivity index (χ2v) is 10.0. The SMILES string of the molecule is CCN(CC)CCNS(=O)(=O)c1c(Cl)ccc(Nc2c(Nc3ccc4c(c3)OCO4)c(=O)c2=O)c1O. The van der Waals surface area contributed by atoms with Crippen molar-refractivity contribution in [2.75, 3.05) is 43.6 Å². The summed E-state index contributed by atoms with van der Waals surface area (Å²) in [6, 6.07) is 7.49. The van der Waals surface area contributed by atoms with Gasteiger partial charge in [0, 0.05) is 24.8 Å². The monoisotopic (exact) mass is 536 g/mol. The molecule has 3 aromatic carbocycles. The highest BCUT2D eigenvalue weighted by molar-refractivity contribution is 7.89. The predicted molar refractivity (Wildman–Crippen MR) is 137 cm³/mol. The summed E-state index contributed by atoms with van der Waals surface area (Å²) in [5.41, 5.74) is -1.41. The standard InChI is InChI=1S/C23H25ClN4O7S/c1-3-28(4-2)10-9-25-36(32,33)23-14(24)6-7-15(20(23)29)27-19-18(21(30)22(19)31)26-13-5-8-16-17(11-13)35-12-34-16/h5-8,11,25-27,29H,3-4,9-10,12H2,1-2H3. The van der Waals surface area contributed by atoms with E-state index in [1.807, 2.05) is 18.7 Å². The third kappa shape index (κ3) is 4.98. The molecule has 0 spiro atoms. The molecule has 4 N–H and O–H groups in total. The lowest BCUT2D eigenvalue weighted by Gasteiger charge is -2.19. The van der Waals surface area contributed by atoms with Crippen LogP contribution in [0.1, 0.15) is 13.8 Å². The van der Waals surface area contributed by atoms with Crippen LogP contribution in [0, 0.1) is 0 Å². The van der Waals surface area contributed by atoms with Crippen molar-refractivity contribution in [2.24, 2.45) is 0 Å². The van der Waals surface area contributed by atoms with Crippen molar-refractivity contribution in [3.8, 4) is 17.2 Å². The minimum absolute atomic E-state index is 0.0463. The highest BCUT2D eigenvalue weighted by Crippen LogP contribution is 2.39. The molecule has 0 unspecified atom stereocenters. The van der Waals surface area contributed by atoms with E-state index >= 15 is 0 Å². The van der Waals surface area contributed by atoms with Gasteiger partial charge in [-0.25, -0.2) is 13.1 Å². The molecule has 0 radical (unpaired) electrons. The number of halogens is 1. The first-order valence-corrected chi connectivity index (χ1v) is 13.0. The van der Waals surface area contributed by atoms with Gasteiger partial charge in [0.2, 0.25) is 16.8 Å². The first-order chi connectivity index (χ1) is 17.2. The van der Waals surface area contributed by atoms with Crippen LogP contribution >= 0.6 is 11.6 Å². The molecule has 0 saturated carbocycles. The second kappa shape index (κ2) is 10.3. The third-order valence-electron chi connectivity index (χ3n) is 5.78. The number of benzene rings is 2. The van der Waals surface area contributed by atoms with Gasteiger partial charge in [0.05, 0.1) is 10.7 Å². The summed E-state index contributed by atoms with van der Waals surface area (Å²) in [4.78, 5) is 26.0. The molecule has 1 heterocycles. The summed E-state index contributed by atoms with van der Waals surface area (Å²) in [5, 5.41) is 16.1. The lowest BCUT2D eigenvalue weighted by atomic mass is 10.1. The largest absolute Gasteiger partial charge is 0.504 e. The average Bonchev–Trinajstić information content (AvgIpc) is 3.32. The maximum absolute atomic E-state index is 12.9. The van der Waals surface area contributed by atoms with E-state index in [2.05, 4.69) is 15.4 Å². The average molecular weight is 537 g/mol. The molecule has 0 saturated heterocycles. The van der Waals surface area contributed by atoms with Gasteiger partial charge in [-0.05, 0) is 37.4 Å². The number of likely N-dealkylation sites (N-methyl/N-ethyl adjacent to an activating group) is 1. The molecule has 13 heteroatoms. The van der Waals surface area contributed by atoms with Crippen molar-refractivity contribution in [1.29, 1.82) is 0 Å². The third-order valence-corrected chi connectivity index (χ3v) is 7.74. The van der Waals surface area contributed by atoms with E-state index in [4.69, 9.17) is 21.1 Å². The normalized spacial score (nSPS) is 12.9. The zero-order chi connectivity index (χ0) is 26.0. The molecule has 0 bridgehead atoms. The highest BCUT2D eigenvalue weighted by Gasteiger charge is 2.28. The van der Waals surface area contributed by atoms with Crippen LogP contribution in [-0.4, -0.2) is 51.4 Å². The molecular weight excluding hydrogens is 512 g/mol. The predicted octanol–water partition coefficient (Wildman–Crippen LogP) is 2.48. The summed E-state index contributed by atoms with van der Waals surface area (Å²) < 4.78 is 38.8. The van der Waals surface area contributed by atoms with Gasteiger partial charge in [0.25, 0.3) is 10.9 Å². The van der Waals surface area contributed by atoms with Crippen LogP contribution in [0.25, 0.3) is 0 Å².